The van der Waals surface area contributed by atoms with Crippen molar-refractivity contribution in [2.75, 3.05) is 6.79 Å². The lowest BCUT2D eigenvalue weighted by molar-refractivity contribution is 0.174. The van der Waals surface area contributed by atoms with Crippen LogP contribution in [0.2, 0.25) is 0 Å². The van der Waals surface area contributed by atoms with Gasteiger partial charge in [-0.3, -0.25) is 0 Å². The molecule has 2 aromatic heterocycles. The van der Waals surface area contributed by atoms with Gasteiger partial charge in [0.2, 0.25) is 6.79 Å². The number of thiocarbonyl (C=S) groups is 1. The molecule has 0 bridgehead atoms. The number of pyridine rings is 1. The van der Waals surface area contributed by atoms with Crippen molar-refractivity contribution in [1.29, 1.82) is 0 Å². The van der Waals surface area contributed by atoms with E-state index in [2.05, 4.69) is 0 Å². The van der Waals surface area contributed by atoms with Crippen molar-refractivity contribution < 1.29 is 9.47 Å². The average molecular weight is 325 g/mol. The second-order valence-electron chi connectivity index (χ2n) is 5.47. The van der Waals surface area contributed by atoms with E-state index in [1.165, 1.54) is 0 Å². The van der Waals surface area contributed by atoms with Crippen LogP contribution in [0.1, 0.15) is 18.5 Å². The van der Waals surface area contributed by atoms with Crippen LogP contribution in [-0.2, 0) is 0 Å². The van der Waals surface area contributed by atoms with Gasteiger partial charge in [-0.05, 0) is 30.3 Å². The number of fused-ring (bicyclic) bond motifs is 2. The SMILES string of the molecule is CC(C(N)=S)c1c(-c2ccc3c(c2)OCO3)nc2ccccn12. The molecule has 5 nitrogen and oxygen atoms in total. The summed E-state index contributed by atoms with van der Waals surface area (Å²) in [5.74, 6) is 1.39. The quantitative estimate of drug-likeness (QED) is 0.750. The first-order chi connectivity index (χ1) is 11.1. The molecule has 3 aromatic rings. The van der Waals surface area contributed by atoms with Gasteiger partial charge in [0.1, 0.15) is 5.65 Å². The Labute approximate surface area is 138 Å². The molecule has 0 spiro atoms. The number of hydrogen-bond donors (Lipinski definition) is 1. The highest BCUT2D eigenvalue weighted by atomic mass is 32.1. The van der Waals surface area contributed by atoms with Crippen LogP contribution < -0.4 is 15.2 Å². The zero-order chi connectivity index (χ0) is 16.0. The van der Waals surface area contributed by atoms with Crippen molar-refractivity contribution >= 4 is 22.9 Å². The fourth-order valence-electron chi connectivity index (χ4n) is 2.82. The molecule has 4 rings (SSSR count). The van der Waals surface area contributed by atoms with Gasteiger partial charge in [-0.15, -0.1) is 0 Å². The Kier molecular flexibility index (Phi) is 3.20. The molecule has 0 amide bonds. The molecule has 0 aliphatic carbocycles. The molecular formula is C17H15N3O2S. The van der Waals surface area contributed by atoms with Crippen LogP contribution in [-0.4, -0.2) is 21.2 Å². The fourth-order valence-corrected chi connectivity index (χ4v) is 2.93. The summed E-state index contributed by atoms with van der Waals surface area (Å²) in [7, 11) is 0. The Morgan fingerprint density at radius 2 is 2.09 bits per heavy atom. The van der Waals surface area contributed by atoms with Crippen LogP contribution in [0.4, 0.5) is 0 Å². The predicted molar refractivity (Wildman–Crippen MR) is 92.0 cm³/mol. The first-order valence-electron chi connectivity index (χ1n) is 7.31. The molecule has 1 unspecified atom stereocenters. The summed E-state index contributed by atoms with van der Waals surface area (Å²) in [6, 6.07) is 11.7. The van der Waals surface area contributed by atoms with Crippen molar-refractivity contribution in [1.82, 2.24) is 9.38 Å². The maximum atomic E-state index is 5.90. The van der Waals surface area contributed by atoms with Crippen molar-refractivity contribution in [3.8, 4) is 22.8 Å². The zero-order valence-electron chi connectivity index (χ0n) is 12.5. The molecule has 1 aromatic carbocycles. The van der Waals surface area contributed by atoms with Gasteiger partial charge in [-0.25, -0.2) is 4.98 Å². The van der Waals surface area contributed by atoms with E-state index >= 15 is 0 Å². The van der Waals surface area contributed by atoms with Crippen molar-refractivity contribution in [3.63, 3.8) is 0 Å². The van der Waals surface area contributed by atoms with Gasteiger partial charge in [0.05, 0.1) is 16.4 Å². The summed E-state index contributed by atoms with van der Waals surface area (Å²) in [6.07, 6.45) is 1.98. The smallest absolute Gasteiger partial charge is 0.231 e. The van der Waals surface area contributed by atoms with Crippen LogP contribution >= 0.6 is 12.2 Å². The summed E-state index contributed by atoms with van der Waals surface area (Å²) < 4.78 is 12.9. The van der Waals surface area contributed by atoms with E-state index in [4.69, 9.17) is 32.4 Å². The van der Waals surface area contributed by atoms with Crippen LogP contribution in [0.15, 0.2) is 42.6 Å². The third kappa shape index (κ3) is 2.22. The lowest BCUT2D eigenvalue weighted by Gasteiger charge is -2.12. The van der Waals surface area contributed by atoms with E-state index in [1.807, 2.05) is 53.9 Å². The van der Waals surface area contributed by atoms with Gasteiger partial charge in [0.25, 0.3) is 0 Å². The lowest BCUT2D eigenvalue weighted by Crippen LogP contribution is -2.18. The number of ether oxygens (including phenoxy) is 2. The molecule has 1 aliphatic heterocycles. The topological polar surface area (TPSA) is 61.8 Å². The van der Waals surface area contributed by atoms with E-state index in [0.29, 0.717) is 4.99 Å². The summed E-state index contributed by atoms with van der Waals surface area (Å²) in [5.41, 5.74) is 9.55. The third-order valence-corrected chi connectivity index (χ3v) is 4.40. The maximum absolute atomic E-state index is 5.90. The number of nitrogens with zero attached hydrogens (tertiary/aromatic N) is 2. The Morgan fingerprint density at radius 1 is 1.26 bits per heavy atom. The number of benzene rings is 1. The summed E-state index contributed by atoms with van der Waals surface area (Å²) >= 11 is 5.21. The molecule has 1 aliphatic rings. The van der Waals surface area contributed by atoms with Crippen molar-refractivity contribution in [3.05, 3.63) is 48.3 Å². The molecule has 0 saturated heterocycles. The standard InChI is InChI=1S/C17H15N3O2S/c1-10(17(18)23)16-15(19-14-4-2-3-7-20(14)16)11-5-6-12-13(8-11)22-9-21-12/h2-8,10H,9H2,1H3,(H2,18,23). The number of imidazole rings is 1. The number of nitrogens with two attached hydrogens (primary N) is 1. The molecule has 1 atom stereocenters. The first-order valence-corrected chi connectivity index (χ1v) is 7.72. The maximum Gasteiger partial charge on any atom is 0.231 e. The molecule has 23 heavy (non-hydrogen) atoms. The monoisotopic (exact) mass is 325 g/mol. The van der Waals surface area contributed by atoms with Gasteiger partial charge in [0, 0.05) is 17.7 Å². The minimum Gasteiger partial charge on any atom is -0.454 e. The molecule has 3 heterocycles. The van der Waals surface area contributed by atoms with E-state index in [0.717, 1.165) is 34.1 Å². The van der Waals surface area contributed by atoms with Gasteiger partial charge < -0.3 is 19.6 Å². The lowest BCUT2D eigenvalue weighted by atomic mass is 10.0. The molecular weight excluding hydrogens is 310 g/mol. The Bertz CT molecular complexity index is 919. The number of aromatic nitrogens is 2. The van der Waals surface area contributed by atoms with E-state index in [1.54, 1.807) is 0 Å². The Balaban J connectivity index is 1.95. The Morgan fingerprint density at radius 3 is 2.91 bits per heavy atom. The van der Waals surface area contributed by atoms with E-state index < -0.39 is 0 Å². The first kappa shape index (κ1) is 14.0. The second kappa shape index (κ2) is 5.24. The predicted octanol–water partition coefficient (Wildman–Crippen LogP) is 3.12. The second-order valence-corrected chi connectivity index (χ2v) is 5.94. The number of hydrogen-bond acceptors (Lipinski definition) is 4. The molecule has 0 fully saturated rings. The minimum absolute atomic E-state index is 0.0946. The van der Waals surface area contributed by atoms with Crippen molar-refractivity contribution in [2.45, 2.75) is 12.8 Å². The molecule has 0 saturated carbocycles. The number of rotatable bonds is 3. The van der Waals surface area contributed by atoms with Gasteiger partial charge >= 0.3 is 0 Å². The summed E-state index contributed by atoms with van der Waals surface area (Å²) in [5, 5.41) is 0. The molecule has 116 valence electrons. The highest BCUT2D eigenvalue weighted by Crippen LogP contribution is 2.38. The van der Waals surface area contributed by atoms with Crippen LogP contribution in [0.3, 0.4) is 0 Å². The highest BCUT2D eigenvalue weighted by molar-refractivity contribution is 7.80. The minimum atomic E-state index is -0.0946. The molecule has 0 radical (unpaired) electrons. The van der Waals surface area contributed by atoms with E-state index in [-0.39, 0.29) is 12.7 Å². The van der Waals surface area contributed by atoms with Crippen LogP contribution in [0, 0.1) is 0 Å². The third-order valence-electron chi connectivity index (χ3n) is 4.05. The summed E-state index contributed by atoms with van der Waals surface area (Å²) in [6.45, 7) is 2.25. The average Bonchev–Trinajstić information content (AvgIpc) is 3.17. The van der Waals surface area contributed by atoms with E-state index in [9.17, 15) is 0 Å². The normalized spacial score (nSPS) is 14.1. The van der Waals surface area contributed by atoms with Crippen LogP contribution in [0.5, 0.6) is 11.5 Å². The zero-order valence-corrected chi connectivity index (χ0v) is 13.3. The van der Waals surface area contributed by atoms with Crippen molar-refractivity contribution in [2.24, 2.45) is 5.73 Å². The summed E-state index contributed by atoms with van der Waals surface area (Å²) in [4.78, 5) is 5.21. The van der Waals surface area contributed by atoms with Gasteiger partial charge in [-0.2, -0.15) is 0 Å². The largest absolute Gasteiger partial charge is 0.454 e. The van der Waals surface area contributed by atoms with Crippen LogP contribution in [0.25, 0.3) is 16.9 Å². The Hall–Kier alpha value is -2.60. The molecule has 2 N–H and O–H groups in total. The van der Waals surface area contributed by atoms with Gasteiger partial charge in [-0.1, -0.05) is 25.2 Å². The fraction of sp³-hybridized carbons (Fsp3) is 0.176. The highest BCUT2D eigenvalue weighted by Gasteiger charge is 2.23. The molecule has 6 heteroatoms. The van der Waals surface area contributed by atoms with Gasteiger partial charge in [0.15, 0.2) is 11.5 Å².